The molecule has 0 atom stereocenters. The van der Waals surface area contributed by atoms with Gasteiger partial charge in [0.2, 0.25) is 10.0 Å². The molecule has 0 heterocycles. The van der Waals surface area contributed by atoms with Crippen LogP contribution in [0.5, 0.6) is 11.5 Å². The number of anilines is 1. The molecule has 1 aromatic rings. The molecule has 0 saturated heterocycles. The lowest BCUT2D eigenvalue weighted by molar-refractivity contribution is 0.307. The molecule has 1 saturated carbocycles. The molecule has 28 heavy (non-hydrogen) atoms. The van der Waals surface area contributed by atoms with Gasteiger partial charge in [-0.15, -0.1) is 0 Å². The van der Waals surface area contributed by atoms with Crippen LogP contribution in [-0.4, -0.2) is 37.5 Å². The lowest BCUT2D eigenvalue weighted by Crippen LogP contribution is -2.46. The van der Waals surface area contributed by atoms with E-state index in [0.29, 0.717) is 24.0 Å². The number of hydrogen-bond acceptors (Lipinski definition) is 5. The van der Waals surface area contributed by atoms with Crippen molar-refractivity contribution < 1.29 is 18.3 Å². The van der Waals surface area contributed by atoms with E-state index >= 15 is 0 Å². The molecule has 7 heteroatoms. The van der Waals surface area contributed by atoms with E-state index < -0.39 is 14.8 Å². The molecule has 160 valence electrons. The van der Waals surface area contributed by atoms with Gasteiger partial charge in [0.15, 0.2) is 0 Å². The van der Waals surface area contributed by atoms with Gasteiger partial charge in [0.25, 0.3) is 0 Å². The van der Waals surface area contributed by atoms with E-state index in [1.807, 2.05) is 12.1 Å². The molecule has 1 fully saturated rings. The first-order chi connectivity index (χ1) is 13.1. The number of benzene rings is 1. The van der Waals surface area contributed by atoms with Gasteiger partial charge in [0.1, 0.15) is 11.5 Å². The molecule has 0 spiro atoms. The maximum absolute atomic E-state index is 12.3. The Morgan fingerprint density at radius 1 is 1.18 bits per heavy atom. The van der Waals surface area contributed by atoms with Gasteiger partial charge in [0.05, 0.1) is 17.0 Å². The molecular weight excluding hydrogens is 376 g/mol. The molecule has 1 aliphatic rings. The van der Waals surface area contributed by atoms with Crippen LogP contribution in [0.3, 0.4) is 0 Å². The molecule has 1 aliphatic carbocycles. The van der Waals surface area contributed by atoms with Crippen LogP contribution in [0.2, 0.25) is 0 Å². The molecule has 3 N–H and O–H groups in total. The second-order valence-corrected chi connectivity index (χ2v) is 11.2. The first-order valence-electron chi connectivity index (χ1n) is 10.3. The zero-order valence-corrected chi connectivity index (χ0v) is 18.4. The summed E-state index contributed by atoms with van der Waals surface area (Å²) in [6.07, 6.45) is 5.68. The molecular formula is C21H36N2O4S. The van der Waals surface area contributed by atoms with E-state index in [4.69, 9.17) is 4.74 Å². The van der Waals surface area contributed by atoms with Crippen molar-refractivity contribution in [1.82, 2.24) is 4.72 Å². The van der Waals surface area contributed by atoms with Crippen LogP contribution in [0.4, 0.5) is 5.69 Å². The van der Waals surface area contributed by atoms with Crippen molar-refractivity contribution in [2.45, 2.75) is 77.0 Å². The zero-order chi connectivity index (χ0) is 20.8. The third-order valence-electron chi connectivity index (χ3n) is 5.29. The first kappa shape index (κ1) is 22.8. The van der Waals surface area contributed by atoms with Gasteiger partial charge in [-0.2, -0.15) is 0 Å². The van der Waals surface area contributed by atoms with Crippen molar-refractivity contribution >= 4 is 15.7 Å². The van der Waals surface area contributed by atoms with Crippen LogP contribution >= 0.6 is 0 Å². The fourth-order valence-corrected chi connectivity index (χ4v) is 4.25. The van der Waals surface area contributed by atoms with E-state index in [-0.39, 0.29) is 11.8 Å². The molecule has 0 amide bonds. The Morgan fingerprint density at radius 3 is 2.43 bits per heavy atom. The summed E-state index contributed by atoms with van der Waals surface area (Å²) in [6, 6.07) is 5.39. The number of hydrogen-bond donors (Lipinski definition) is 3. The maximum atomic E-state index is 12.3. The molecule has 6 nitrogen and oxygen atoms in total. The average Bonchev–Trinajstić information content (AvgIpc) is 2.61. The Bertz CT molecular complexity index is 720. The van der Waals surface area contributed by atoms with Gasteiger partial charge >= 0.3 is 0 Å². The van der Waals surface area contributed by atoms with E-state index in [0.717, 1.165) is 45.1 Å². The number of sulfonamides is 1. The number of rotatable bonds is 9. The van der Waals surface area contributed by atoms with Crippen LogP contribution in [-0.2, 0) is 10.0 Å². The quantitative estimate of drug-likeness (QED) is 0.417. The minimum Gasteiger partial charge on any atom is -0.506 e. The minimum atomic E-state index is -3.30. The fourth-order valence-electron chi connectivity index (χ4n) is 3.22. The van der Waals surface area contributed by atoms with Gasteiger partial charge in [-0.3, -0.25) is 0 Å². The molecule has 2 rings (SSSR count). The number of unbranched alkanes of at least 4 members (excludes halogenated alkanes) is 1. The summed E-state index contributed by atoms with van der Waals surface area (Å²) in [6.45, 7) is 8.70. The number of phenols is 1. The first-order valence-corrected chi connectivity index (χ1v) is 11.8. The second-order valence-electron chi connectivity index (χ2n) is 8.71. The summed E-state index contributed by atoms with van der Waals surface area (Å²) in [5.74, 6) is 1.35. The van der Waals surface area contributed by atoms with Gasteiger partial charge in [-0.25, -0.2) is 13.1 Å². The summed E-state index contributed by atoms with van der Waals surface area (Å²) in [5.41, 5.74) is 0.707. The standard InChI is InChI=1S/C21H36N2O4S/c1-5-6-13-27-18-11-12-19(20(24)14-18)22-15-16-7-9-17(10-8-16)23-28(25,26)21(2,3)4/h11-12,14,16-17,22-24H,5-10,13,15H2,1-4H3. The molecule has 0 bridgehead atoms. The average molecular weight is 413 g/mol. The number of ether oxygens (including phenoxy) is 1. The summed E-state index contributed by atoms with van der Waals surface area (Å²) in [4.78, 5) is 0. The van der Waals surface area contributed by atoms with Crippen LogP contribution in [0.25, 0.3) is 0 Å². The highest BCUT2D eigenvalue weighted by molar-refractivity contribution is 7.90. The Morgan fingerprint density at radius 2 is 1.86 bits per heavy atom. The highest BCUT2D eigenvalue weighted by atomic mass is 32.2. The van der Waals surface area contributed by atoms with E-state index in [2.05, 4.69) is 17.0 Å². The van der Waals surface area contributed by atoms with Gasteiger partial charge < -0.3 is 15.2 Å². The third-order valence-corrected chi connectivity index (χ3v) is 7.55. The van der Waals surface area contributed by atoms with E-state index in [1.54, 1.807) is 26.8 Å². The van der Waals surface area contributed by atoms with Crippen molar-refractivity contribution in [2.75, 3.05) is 18.5 Å². The van der Waals surface area contributed by atoms with Crippen molar-refractivity contribution in [3.63, 3.8) is 0 Å². The molecule has 0 radical (unpaired) electrons. The lowest BCUT2D eigenvalue weighted by atomic mass is 9.86. The highest BCUT2D eigenvalue weighted by Crippen LogP contribution is 2.30. The van der Waals surface area contributed by atoms with E-state index in [1.165, 1.54) is 0 Å². The Labute approximate surface area is 170 Å². The predicted molar refractivity (Wildman–Crippen MR) is 115 cm³/mol. The summed E-state index contributed by atoms with van der Waals surface area (Å²) >= 11 is 0. The fraction of sp³-hybridized carbons (Fsp3) is 0.714. The van der Waals surface area contributed by atoms with Gasteiger partial charge in [0, 0.05) is 18.7 Å². The number of nitrogens with one attached hydrogen (secondary N) is 2. The van der Waals surface area contributed by atoms with Gasteiger partial charge in [-0.05, 0) is 70.9 Å². The smallest absolute Gasteiger partial charge is 0.216 e. The Balaban J connectivity index is 1.78. The molecule has 0 aliphatic heterocycles. The van der Waals surface area contributed by atoms with Crippen molar-refractivity contribution in [3.05, 3.63) is 18.2 Å². The summed E-state index contributed by atoms with van der Waals surface area (Å²) in [7, 11) is -3.30. The van der Waals surface area contributed by atoms with Gasteiger partial charge in [-0.1, -0.05) is 13.3 Å². The molecule has 1 aromatic carbocycles. The summed E-state index contributed by atoms with van der Waals surface area (Å²) < 4.78 is 32.3. The largest absolute Gasteiger partial charge is 0.506 e. The monoisotopic (exact) mass is 412 g/mol. The van der Waals surface area contributed by atoms with Crippen LogP contribution in [0, 0.1) is 5.92 Å². The minimum absolute atomic E-state index is 0.0217. The van der Waals surface area contributed by atoms with Crippen LogP contribution < -0.4 is 14.8 Å². The van der Waals surface area contributed by atoms with Crippen LogP contribution in [0.1, 0.15) is 66.2 Å². The molecule has 0 aromatic heterocycles. The zero-order valence-electron chi connectivity index (χ0n) is 17.6. The maximum Gasteiger partial charge on any atom is 0.216 e. The molecule has 0 unspecified atom stereocenters. The Hall–Kier alpha value is -1.47. The van der Waals surface area contributed by atoms with E-state index in [9.17, 15) is 13.5 Å². The van der Waals surface area contributed by atoms with Crippen molar-refractivity contribution in [2.24, 2.45) is 5.92 Å². The normalized spacial score (nSPS) is 20.7. The SMILES string of the molecule is CCCCOc1ccc(NCC2CCC(NS(=O)(=O)C(C)(C)C)CC2)c(O)c1. The number of aromatic hydroxyl groups is 1. The van der Waals surface area contributed by atoms with Crippen LogP contribution in [0.15, 0.2) is 18.2 Å². The lowest BCUT2D eigenvalue weighted by Gasteiger charge is -2.31. The topological polar surface area (TPSA) is 87.7 Å². The van der Waals surface area contributed by atoms with Crippen molar-refractivity contribution in [3.8, 4) is 11.5 Å². The third kappa shape index (κ3) is 6.55. The Kier molecular flexibility index (Phi) is 8.01. The predicted octanol–water partition coefficient (Wildman–Crippen LogP) is 4.26. The highest BCUT2D eigenvalue weighted by Gasteiger charge is 2.32. The van der Waals surface area contributed by atoms with Crippen molar-refractivity contribution in [1.29, 1.82) is 0 Å². The summed E-state index contributed by atoms with van der Waals surface area (Å²) in [5, 5.41) is 13.5. The second kappa shape index (κ2) is 9.83. The number of phenolic OH excluding ortho intramolecular Hbond substituents is 1.